The summed E-state index contributed by atoms with van der Waals surface area (Å²) in [6, 6.07) is 23.7. The summed E-state index contributed by atoms with van der Waals surface area (Å²) in [4.78, 5) is 17.2. The van der Waals surface area contributed by atoms with Crippen molar-refractivity contribution in [2.75, 3.05) is 13.1 Å². The third kappa shape index (κ3) is 3.63. The lowest BCUT2D eigenvalue weighted by molar-refractivity contribution is 0.0948. The average molecular weight is 371 g/mol. The van der Waals surface area contributed by atoms with E-state index in [1.807, 2.05) is 66.7 Å². The molecule has 0 aliphatic heterocycles. The molecule has 3 N–H and O–H groups in total. The molecule has 6 nitrogen and oxygen atoms in total. The molecule has 0 saturated carbocycles. The maximum Gasteiger partial charge on any atom is 0.271 e. The van der Waals surface area contributed by atoms with Crippen molar-refractivity contribution in [3.8, 4) is 22.5 Å². The van der Waals surface area contributed by atoms with E-state index in [1.54, 1.807) is 10.6 Å². The van der Waals surface area contributed by atoms with Crippen LogP contribution in [0.5, 0.6) is 0 Å². The van der Waals surface area contributed by atoms with Crippen molar-refractivity contribution >= 4 is 11.6 Å². The number of amides is 1. The number of rotatable bonds is 6. The Morgan fingerprint density at radius 1 is 0.964 bits per heavy atom. The number of nitrogens with zero attached hydrogens (tertiary/aromatic N) is 3. The van der Waals surface area contributed by atoms with Crippen LogP contribution in [0.3, 0.4) is 0 Å². The number of hydrogen-bond donors (Lipinski definition) is 2. The third-order valence-electron chi connectivity index (χ3n) is 4.47. The number of benzene rings is 2. The van der Waals surface area contributed by atoms with Crippen LogP contribution in [0.25, 0.3) is 28.2 Å². The highest BCUT2D eigenvalue weighted by Crippen LogP contribution is 2.26. The van der Waals surface area contributed by atoms with Gasteiger partial charge in [0, 0.05) is 23.7 Å². The van der Waals surface area contributed by atoms with Gasteiger partial charge in [-0.25, -0.2) is 9.50 Å². The molecule has 0 bridgehead atoms. The standard InChI is InChI=1S/C22H21N5O/c23-12-7-13-24-22(28)19-15-21-25-18(16-8-3-1-4-9-16)14-20(27(21)26-19)17-10-5-2-6-11-17/h1-6,8-11,14-15H,7,12-13,23H2,(H,24,28). The molecule has 0 aliphatic rings. The summed E-state index contributed by atoms with van der Waals surface area (Å²) in [6.07, 6.45) is 0.727. The summed E-state index contributed by atoms with van der Waals surface area (Å²) >= 11 is 0. The minimum atomic E-state index is -0.223. The number of aromatic nitrogens is 3. The van der Waals surface area contributed by atoms with Crippen LogP contribution in [-0.4, -0.2) is 33.6 Å². The van der Waals surface area contributed by atoms with Crippen molar-refractivity contribution in [2.45, 2.75) is 6.42 Å². The van der Waals surface area contributed by atoms with Crippen molar-refractivity contribution in [3.05, 3.63) is 78.5 Å². The summed E-state index contributed by atoms with van der Waals surface area (Å²) in [6.45, 7) is 1.06. The first-order valence-electron chi connectivity index (χ1n) is 9.26. The van der Waals surface area contributed by atoms with Gasteiger partial charge in [-0.1, -0.05) is 60.7 Å². The highest BCUT2D eigenvalue weighted by atomic mass is 16.1. The van der Waals surface area contributed by atoms with Crippen molar-refractivity contribution in [2.24, 2.45) is 5.73 Å². The maximum atomic E-state index is 12.4. The lowest BCUT2D eigenvalue weighted by atomic mass is 10.1. The molecule has 6 heteroatoms. The molecule has 0 atom stereocenters. The highest BCUT2D eigenvalue weighted by Gasteiger charge is 2.16. The molecule has 2 heterocycles. The van der Waals surface area contributed by atoms with E-state index in [2.05, 4.69) is 10.4 Å². The number of carbonyl (C=O) groups is 1. The van der Waals surface area contributed by atoms with E-state index in [4.69, 9.17) is 10.7 Å². The van der Waals surface area contributed by atoms with Gasteiger partial charge in [0.05, 0.1) is 11.4 Å². The molecule has 0 saturated heterocycles. The molecule has 0 fully saturated rings. The smallest absolute Gasteiger partial charge is 0.271 e. The van der Waals surface area contributed by atoms with Crippen molar-refractivity contribution in [1.29, 1.82) is 0 Å². The molecule has 0 radical (unpaired) electrons. The van der Waals surface area contributed by atoms with Gasteiger partial charge >= 0.3 is 0 Å². The Bertz CT molecular complexity index is 1090. The molecule has 4 rings (SSSR count). The Hall–Kier alpha value is -3.51. The summed E-state index contributed by atoms with van der Waals surface area (Å²) < 4.78 is 1.72. The molecule has 28 heavy (non-hydrogen) atoms. The molecule has 2 aromatic carbocycles. The molecule has 4 aromatic rings. The Morgan fingerprint density at radius 2 is 1.64 bits per heavy atom. The van der Waals surface area contributed by atoms with E-state index in [0.717, 1.165) is 28.9 Å². The summed E-state index contributed by atoms with van der Waals surface area (Å²) in [5.41, 5.74) is 10.2. The van der Waals surface area contributed by atoms with Crippen molar-refractivity contribution in [3.63, 3.8) is 0 Å². The minimum absolute atomic E-state index is 0.223. The van der Waals surface area contributed by atoms with Crippen LogP contribution in [-0.2, 0) is 0 Å². The van der Waals surface area contributed by atoms with Crippen LogP contribution in [0.2, 0.25) is 0 Å². The zero-order valence-corrected chi connectivity index (χ0v) is 15.4. The van der Waals surface area contributed by atoms with E-state index in [0.29, 0.717) is 24.4 Å². The van der Waals surface area contributed by atoms with E-state index in [1.165, 1.54) is 0 Å². The maximum absolute atomic E-state index is 12.4. The largest absolute Gasteiger partial charge is 0.351 e. The second-order valence-electron chi connectivity index (χ2n) is 6.46. The van der Waals surface area contributed by atoms with Crippen LogP contribution in [0, 0.1) is 0 Å². The first-order valence-corrected chi connectivity index (χ1v) is 9.26. The molecular formula is C22H21N5O. The number of nitrogens with one attached hydrogen (secondary N) is 1. The highest BCUT2D eigenvalue weighted by molar-refractivity contribution is 5.93. The first-order chi connectivity index (χ1) is 13.8. The van der Waals surface area contributed by atoms with E-state index < -0.39 is 0 Å². The number of carbonyl (C=O) groups excluding carboxylic acids is 1. The lowest BCUT2D eigenvalue weighted by Gasteiger charge is -2.08. The summed E-state index contributed by atoms with van der Waals surface area (Å²) in [7, 11) is 0. The number of nitrogens with two attached hydrogens (primary N) is 1. The Morgan fingerprint density at radius 3 is 2.32 bits per heavy atom. The van der Waals surface area contributed by atoms with Gasteiger partial charge in [0.1, 0.15) is 0 Å². The summed E-state index contributed by atoms with van der Waals surface area (Å²) in [5.74, 6) is -0.223. The fraction of sp³-hybridized carbons (Fsp3) is 0.136. The van der Waals surface area contributed by atoms with Gasteiger partial charge in [0.2, 0.25) is 0 Å². The second kappa shape index (κ2) is 8.02. The van der Waals surface area contributed by atoms with Crippen LogP contribution in [0.1, 0.15) is 16.9 Å². The third-order valence-corrected chi connectivity index (χ3v) is 4.47. The lowest BCUT2D eigenvalue weighted by Crippen LogP contribution is -2.26. The van der Waals surface area contributed by atoms with Gasteiger partial charge in [-0.3, -0.25) is 4.79 Å². The topological polar surface area (TPSA) is 85.3 Å². The predicted molar refractivity (Wildman–Crippen MR) is 110 cm³/mol. The Labute approximate surface area is 163 Å². The zero-order valence-electron chi connectivity index (χ0n) is 15.4. The summed E-state index contributed by atoms with van der Waals surface area (Å²) in [5, 5.41) is 7.36. The van der Waals surface area contributed by atoms with Crippen LogP contribution >= 0.6 is 0 Å². The molecule has 0 aliphatic carbocycles. The Balaban J connectivity index is 1.83. The van der Waals surface area contributed by atoms with Crippen LogP contribution in [0.4, 0.5) is 0 Å². The Kier molecular flexibility index (Phi) is 5.12. The minimum Gasteiger partial charge on any atom is -0.351 e. The average Bonchev–Trinajstić information content (AvgIpc) is 3.19. The zero-order chi connectivity index (χ0) is 19.3. The van der Waals surface area contributed by atoms with E-state index >= 15 is 0 Å². The van der Waals surface area contributed by atoms with E-state index in [9.17, 15) is 4.79 Å². The molecule has 1 amide bonds. The van der Waals surface area contributed by atoms with Crippen LogP contribution < -0.4 is 11.1 Å². The van der Waals surface area contributed by atoms with Gasteiger partial charge in [0.25, 0.3) is 5.91 Å². The van der Waals surface area contributed by atoms with Gasteiger partial charge in [-0.05, 0) is 19.0 Å². The van der Waals surface area contributed by atoms with Gasteiger partial charge in [-0.15, -0.1) is 0 Å². The van der Waals surface area contributed by atoms with Gasteiger partial charge in [0.15, 0.2) is 11.3 Å². The fourth-order valence-corrected chi connectivity index (χ4v) is 3.05. The fourth-order valence-electron chi connectivity index (χ4n) is 3.05. The molecule has 0 unspecified atom stereocenters. The second-order valence-corrected chi connectivity index (χ2v) is 6.46. The molecule has 2 aromatic heterocycles. The van der Waals surface area contributed by atoms with Crippen molar-refractivity contribution < 1.29 is 4.79 Å². The molecule has 0 spiro atoms. The van der Waals surface area contributed by atoms with Gasteiger partial charge < -0.3 is 11.1 Å². The van der Waals surface area contributed by atoms with Crippen LogP contribution in [0.15, 0.2) is 72.8 Å². The normalized spacial score (nSPS) is 10.9. The van der Waals surface area contributed by atoms with Crippen molar-refractivity contribution in [1.82, 2.24) is 19.9 Å². The van der Waals surface area contributed by atoms with E-state index in [-0.39, 0.29) is 5.91 Å². The quantitative estimate of drug-likeness (QED) is 0.510. The van der Waals surface area contributed by atoms with Gasteiger partial charge in [-0.2, -0.15) is 5.10 Å². The predicted octanol–water partition coefficient (Wildman–Crippen LogP) is 3.14. The molecule has 140 valence electrons. The first kappa shape index (κ1) is 17.9. The SMILES string of the molecule is NCCCNC(=O)c1cc2nc(-c3ccccc3)cc(-c3ccccc3)n2n1. The monoisotopic (exact) mass is 371 g/mol. The number of fused-ring (bicyclic) bond motifs is 1. The number of hydrogen-bond acceptors (Lipinski definition) is 4. The molecular weight excluding hydrogens is 350 g/mol.